The van der Waals surface area contributed by atoms with E-state index in [0.717, 1.165) is 16.3 Å². The maximum Gasteiger partial charge on any atom is 0.243 e. The first-order chi connectivity index (χ1) is 15.2. The Kier molecular flexibility index (Phi) is 5.94. The van der Waals surface area contributed by atoms with Crippen LogP contribution < -0.4 is 5.73 Å². The molecule has 3 aromatic rings. The van der Waals surface area contributed by atoms with Crippen LogP contribution in [0.4, 0.5) is 0 Å². The van der Waals surface area contributed by atoms with Crippen LogP contribution in [0, 0.1) is 5.41 Å². The Morgan fingerprint density at radius 1 is 1.06 bits per heavy atom. The number of hydrogen-bond donors (Lipinski definition) is 2. The molecule has 1 atom stereocenters. The SMILES string of the molecule is CC1C(=O)N(Cc2ccc(C(=N)N)cc2)CCN1S(=O)(=O)c1ccc2cc(Cl)ccc2c1. The van der Waals surface area contributed by atoms with Crippen LogP contribution in [-0.2, 0) is 21.4 Å². The molecular formula is C23H23ClN4O3S. The topological polar surface area (TPSA) is 108 Å². The van der Waals surface area contributed by atoms with Gasteiger partial charge in [0.25, 0.3) is 0 Å². The van der Waals surface area contributed by atoms with E-state index in [1.807, 2.05) is 12.1 Å². The lowest BCUT2D eigenvalue weighted by atomic mass is 10.1. The van der Waals surface area contributed by atoms with Gasteiger partial charge in [-0.3, -0.25) is 10.2 Å². The van der Waals surface area contributed by atoms with E-state index in [2.05, 4.69) is 0 Å². The van der Waals surface area contributed by atoms with Gasteiger partial charge in [-0.05, 0) is 47.5 Å². The number of nitrogen functional groups attached to an aromatic ring is 1. The second kappa shape index (κ2) is 8.54. The molecule has 1 fully saturated rings. The fourth-order valence-corrected chi connectivity index (χ4v) is 5.69. The molecule has 0 spiro atoms. The number of rotatable bonds is 5. The molecule has 166 valence electrons. The maximum atomic E-state index is 13.3. The van der Waals surface area contributed by atoms with Crippen molar-refractivity contribution in [1.29, 1.82) is 5.41 Å². The van der Waals surface area contributed by atoms with Gasteiger partial charge in [-0.1, -0.05) is 48.0 Å². The molecule has 3 aromatic carbocycles. The Morgan fingerprint density at radius 3 is 2.41 bits per heavy atom. The normalized spacial score (nSPS) is 17.6. The molecule has 1 aliphatic rings. The highest BCUT2D eigenvalue weighted by atomic mass is 35.5. The fraction of sp³-hybridized carbons (Fsp3) is 0.217. The number of carbonyl (C=O) groups is 1. The number of amidine groups is 1. The van der Waals surface area contributed by atoms with E-state index in [4.69, 9.17) is 22.7 Å². The van der Waals surface area contributed by atoms with E-state index in [0.29, 0.717) is 23.7 Å². The predicted octanol–water partition coefficient (Wildman–Crippen LogP) is 3.20. The van der Waals surface area contributed by atoms with Gasteiger partial charge < -0.3 is 10.6 Å². The van der Waals surface area contributed by atoms with Crippen molar-refractivity contribution in [2.75, 3.05) is 13.1 Å². The van der Waals surface area contributed by atoms with Crippen LogP contribution in [0.1, 0.15) is 18.1 Å². The van der Waals surface area contributed by atoms with Crippen molar-refractivity contribution >= 4 is 44.1 Å². The fourth-order valence-electron chi connectivity index (χ4n) is 3.90. The van der Waals surface area contributed by atoms with Gasteiger partial charge in [-0.2, -0.15) is 4.31 Å². The first-order valence-electron chi connectivity index (χ1n) is 10.1. The van der Waals surface area contributed by atoms with Gasteiger partial charge in [0.1, 0.15) is 11.9 Å². The molecule has 1 aliphatic heterocycles. The van der Waals surface area contributed by atoms with Crippen LogP contribution in [0.25, 0.3) is 10.8 Å². The van der Waals surface area contributed by atoms with Crippen LogP contribution in [0.15, 0.2) is 65.6 Å². The summed E-state index contributed by atoms with van der Waals surface area (Å²) in [6, 6.07) is 16.5. The van der Waals surface area contributed by atoms with Crippen molar-refractivity contribution in [3.63, 3.8) is 0 Å². The summed E-state index contributed by atoms with van der Waals surface area (Å²) >= 11 is 6.01. The number of amides is 1. The number of fused-ring (bicyclic) bond motifs is 1. The summed E-state index contributed by atoms with van der Waals surface area (Å²) in [6.45, 7) is 2.48. The van der Waals surface area contributed by atoms with Crippen LogP contribution in [0.3, 0.4) is 0 Å². The third kappa shape index (κ3) is 4.21. The average molecular weight is 471 g/mol. The number of halogens is 1. The molecule has 1 saturated heterocycles. The summed E-state index contributed by atoms with van der Waals surface area (Å²) in [5, 5.41) is 9.66. The van der Waals surface area contributed by atoms with Crippen molar-refractivity contribution in [2.45, 2.75) is 24.4 Å². The van der Waals surface area contributed by atoms with Crippen LogP contribution in [-0.4, -0.2) is 48.5 Å². The lowest BCUT2D eigenvalue weighted by Crippen LogP contribution is -2.57. The number of sulfonamides is 1. The molecular weight excluding hydrogens is 448 g/mol. The molecule has 1 heterocycles. The zero-order valence-electron chi connectivity index (χ0n) is 17.5. The number of nitrogens with two attached hydrogens (primary N) is 1. The lowest BCUT2D eigenvalue weighted by molar-refractivity contribution is -0.138. The molecule has 0 saturated carbocycles. The Balaban J connectivity index is 1.53. The number of piperazine rings is 1. The van der Waals surface area contributed by atoms with Gasteiger partial charge in [-0.15, -0.1) is 0 Å². The lowest BCUT2D eigenvalue weighted by Gasteiger charge is -2.38. The number of nitrogens with zero attached hydrogens (tertiary/aromatic N) is 2. The van der Waals surface area contributed by atoms with Gasteiger partial charge >= 0.3 is 0 Å². The summed E-state index contributed by atoms with van der Waals surface area (Å²) in [5.41, 5.74) is 6.98. The number of carbonyl (C=O) groups excluding carboxylic acids is 1. The molecule has 4 rings (SSSR count). The Hall–Kier alpha value is -2.94. The van der Waals surface area contributed by atoms with Crippen molar-refractivity contribution < 1.29 is 13.2 Å². The molecule has 1 amide bonds. The van der Waals surface area contributed by atoms with Crippen molar-refractivity contribution in [2.24, 2.45) is 5.73 Å². The van der Waals surface area contributed by atoms with Gasteiger partial charge in [0.2, 0.25) is 15.9 Å². The zero-order valence-corrected chi connectivity index (χ0v) is 19.0. The van der Waals surface area contributed by atoms with Crippen molar-refractivity contribution in [3.05, 3.63) is 76.8 Å². The minimum absolute atomic E-state index is 0.0168. The van der Waals surface area contributed by atoms with E-state index >= 15 is 0 Å². The largest absolute Gasteiger partial charge is 0.384 e. The molecule has 32 heavy (non-hydrogen) atoms. The molecule has 7 nitrogen and oxygen atoms in total. The molecule has 9 heteroatoms. The highest BCUT2D eigenvalue weighted by molar-refractivity contribution is 7.89. The number of benzene rings is 3. The standard InChI is InChI=1S/C23H23ClN4O3S/c1-15-23(29)27(14-16-2-4-17(5-3-16)22(25)26)10-11-28(15)32(30,31)21-9-7-18-12-20(24)8-6-19(18)13-21/h2-9,12-13,15H,10-11,14H2,1H3,(H3,25,26). The third-order valence-electron chi connectivity index (χ3n) is 5.71. The molecule has 0 radical (unpaired) electrons. The van der Waals surface area contributed by atoms with E-state index < -0.39 is 16.1 Å². The van der Waals surface area contributed by atoms with Crippen LogP contribution in [0.2, 0.25) is 5.02 Å². The van der Waals surface area contributed by atoms with E-state index in [1.165, 1.54) is 4.31 Å². The van der Waals surface area contributed by atoms with E-state index in [9.17, 15) is 13.2 Å². The van der Waals surface area contributed by atoms with Crippen molar-refractivity contribution in [3.8, 4) is 0 Å². The van der Waals surface area contributed by atoms with Gasteiger partial charge in [0, 0.05) is 30.2 Å². The Labute approximate surface area is 191 Å². The first kappa shape index (κ1) is 22.3. The third-order valence-corrected chi connectivity index (χ3v) is 7.91. The molecule has 0 aromatic heterocycles. The smallest absolute Gasteiger partial charge is 0.243 e. The maximum absolute atomic E-state index is 13.3. The Bertz CT molecular complexity index is 1310. The molecule has 1 unspecified atom stereocenters. The van der Waals surface area contributed by atoms with Crippen LogP contribution >= 0.6 is 11.6 Å². The van der Waals surface area contributed by atoms with Crippen molar-refractivity contribution in [1.82, 2.24) is 9.21 Å². The quantitative estimate of drug-likeness (QED) is 0.441. The second-order valence-electron chi connectivity index (χ2n) is 7.82. The minimum atomic E-state index is -3.84. The zero-order chi connectivity index (χ0) is 23.0. The monoisotopic (exact) mass is 470 g/mol. The van der Waals surface area contributed by atoms with E-state index in [-0.39, 0.29) is 23.2 Å². The van der Waals surface area contributed by atoms with Gasteiger partial charge in [0.15, 0.2) is 0 Å². The summed E-state index contributed by atoms with van der Waals surface area (Å²) < 4.78 is 27.9. The summed E-state index contributed by atoms with van der Waals surface area (Å²) in [4.78, 5) is 14.8. The summed E-state index contributed by atoms with van der Waals surface area (Å²) in [7, 11) is -3.84. The van der Waals surface area contributed by atoms with Gasteiger partial charge in [0.05, 0.1) is 4.90 Å². The second-order valence-corrected chi connectivity index (χ2v) is 10.1. The number of hydrogen-bond acceptors (Lipinski definition) is 4. The predicted molar refractivity (Wildman–Crippen MR) is 125 cm³/mol. The van der Waals surface area contributed by atoms with Gasteiger partial charge in [-0.25, -0.2) is 8.42 Å². The minimum Gasteiger partial charge on any atom is -0.384 e. The van der Waals surface area contributed by atoms with Crippen LogP contribution in [0.5, 0.6) is 0 Å². The Morgan fingerprint density at radius 2 is 1.72 bits per heavy atom. The molecule has 0 bridgehead atoms. The summed E-state index contributed by atoms with van der Waals surface area (Å²) in [5.74, 6) is -0.264. The summed E-state index contributed by atoms with van der Waals surface area (Å²) in [6.07, 6.45) is 0. The van der Waals surface area contributed by atoms with E-state index in [1.54, 1.807) is 60.4 Å². The first-order valence-corrected chi connectivity index (χ1v) is 11.9. The molecule has 3 N–H and O–H groups in total. The highest BCUT2D eigenvalue weighted by Crippen LogP contribution is 2.27. The molecule has 0 aliphatic carbocycles. The number of nitrogens with one attached hydrogen (secondary N) is 1. The highest BCUT2D eigenvalue weighted by Gasteiger charge is 2.39. The average Bonchev–Trinajstić information content (AvgIpc) is 2.76.